The summed E-state index contributed by atoms with van der Waals surface area (Å²) in [5, 5.41) is 1.26. The lowest BCUT2D eigenvalue weighted by molar-refractivity contribution is -0.0997. The van der Waals surface area contributed by atoms with E-state index in [0.717, 1.165) is 0 Å². The third-order valence-electron chi connectivity index (χ3n) is 2.05. The average Bonchev–Trinajstić information content (AvgIpc) is 2.36. The summed E-state index contributed by atoms with van der Waals surface area (Å²) in [6.07, 6.45) is 0. The van der Waals surface area contributed by atoms with Gasteiger partial charge in [-0.05, 0) is 24.3 Å². The van der Waals surface area contributed by atoms with E-state index in [1.54, 1.807) is 36.4 Å². The van der Waals surface area contributed by atoms with Gasteiger partial charge in [0, 0.05) is 0 Å². The third-order valence-corrected chi connectivity index (χ3v) is 3.66. The topological polar surface area (TPSA) is 18.5 Å². The maximum Gasteiger partial charge on any atom is 0.198 e. The van der Waals surface area contributed by atoms with Crippen molar-refractivity contribution in [1.29, 1.82) is 0 Å². The molecule has 2 nitrogen and oxygen atoms in total. The molecule has 0 aliphatic heterocycles. The Morgan fingerprint density at radius 3 is 1.39 bits per heavy atom. The summed E-state index contributed by atoms with van der Waals surface area (Å²) >= 11 is 23.5. The van der Waals surface area contributed by atoms with Gasteiger partial charge in [-0.15, -0.1) is 0 Å². The van der Waals surface area contributed by atoms with Gasteiger partial charge < -0.3 is 0 Å². The van der Waals surface area contributed by atoms with Gasteiger partial charge in [0.05, 0.1) is 10.0 Å². The van der Waals surface area contributed by atoms with Crippen molar-refractivity contribution in [3.05, 3.63) is 56.5 Å². The minimum Gasteiger partial charge on any atom is -0.288 e. The fourth-order valence-electron chi connectivity index (χ4n) is 1.19. The predicted molar refractivity (Wildman–Crippen MR) is 74.2 cm³/mol. The first kappa shape index (κ1) is 13.6. The Morgan fingerprint density at radius 1 is 0.611 bits per heavy atom. The van der Waals surface area contributed by atoms with Crippen LogP contribution in [0.5, 0.6) is 11.5 Å². The van der Waals surface area contributed by atoms with Gasteiger partial charge in [0.25, 0.3) is 0 Å². The van der Waals surface area contributed by atoms with Crippen LogP contribution < -0.4 is 9.78 Å². The molecule has 2 aromatic carbocycles. The van der Waals surface area contributed by atoms with Gasteiger partial charge >= 0.3 is 0 Å². The lowest BCUT2D eigenvalue weighted by atomic mass is 10.3. The van der Waals surface area contributed by atoms with Crippen LogP contribution in [0.25, 0.3) is 0 Å². The smallest absolute Gasteiger partial charge is 0.198 e. The fraction of sp³-hybridized carbons (Fsp3) is 0. The van der Waals surface area contributed by atoms with Crippen LogP contribution in [0.15, 0.2) is 36.4 Å². The van der Waals surface area contributed by atoms with Gasteiger partial charge in [-0.1, -0.05) is 58.5 Å². The average molecular weight is 324 g/mol. The molecule has 0 spiro atoms. The zero-order valence-electron chi connectivity index (χ0n) is 8.79. The second kappa shape index (κ2) is 5.89. The summed E-state index contributed by atoms with van der Waals surface area (Å²) in [5.74, 6) is 0.584. The Hall–Kier alpha value is -0.800. The summed E-state index contributed by atoms with van der Waals surface area (Å²) in [6.45, 7) is 0. The second-order valence-corrected chi connectivity index (χ2v) is 4.84. The van der Waals surface area contributed by atoms with E-state index >= 15 is 0 Å². The van der Waals surface area contributed by atoms with Gasteiger partial charge in [-0.2, -0.15) is 0 Å². The molecule has 0 atom stereocenters. The van der Waals surface area contributed by atoms with Crippen LogP contribution in [0.2, 0.25) is 20.1 Å². The summed E-state index contributed by atoms with van der Waals surface area (Å²) in [4.78, 5) is 10.2. The highest BCUT2D eigenvalue weighted by atomic mass is 35.5. The van der Waals surface area contributed by atoms with E-state index in [1.807, 2.05) is 0 Å². The molecule has 0 amide bonds. The van der Waals surface area contributed by atoms with Crippen molar-refractivity contribution < 1.29 is 9.78 Å². The van der Waals surface area contributed by atoms with Gasteiger partial charge in [0.15, 0.2) is 11.5 Å². The Morgan fingerprint density at radius 2 is 1.00 bits per heavy atom. The lowest BCUT2D eigenvalue weighted by Gasteiger charge is -2.09. The highest BCUT2D eigenvalue weighted by molar-refractivity contribution is 6.43. The molecular formula is C12H6Cl4O2. The molecular weight excluding hydrogens is 318 g/mol. The van der Waals surface area contributed by atoms with Crippen LogP contribution in [0.1, 0.15) is 0 Å². The zero-order valence-corrected chi connectivity index (χ0v) is 11.8. The molecule has 0 saturated carbocycles. The maximum absolute atomic E-state index is 5.93. The first-order chi connectivity index (χ1) is 8.59. The van der Waals surface area contributed by atoms with Gasteiger partial charge in [-0.25, -0.2) is 0 Å². The lowest BCUT2D eigenvalue weighted by Crippen LogP contribution is -2.01. The van der Waals surface area contributed by atoms with E-state index in [9.17, 15) is 0 Å². The highest BCUT2D eigenvalue weighted by Gasteiger charge is 2.10. The van der Waals surface area contributed by atoms with Crippen LogP contribution >= 0.6 is 46.4 Å². The third kappa shape index (κ3) is 2.96. The van der Waals surface area contributed by atoms with Crippen molar-refractivity contribution in [2.75, 3.05) is 0 Å². The number of hydrogen-bond donors (Lipinski definition) is 0. The Kier molecular flexibility index (Phi) is 4.46. The van der Waals surface area contributed by atoms with Crippen molar-refractivity contribution in [3.63, 3.8) is 0 Å². The summed E-state index contributed by atoms with van der Waals surface area (Å²) in [5.41, 5.74) is 0. The van der Waals surface area contributed by atoms with Crippen LogP contribution in [0.3, 0.4) is 0 Å². The molecule has 0 fully saturated rings. The molecule has 2 aromatic rings. The number of hydrogen-bond acceptors (Lipinski definition) is 2. The molecule has 18 heavy (non-hydrogen) atoms. The Balaban J connectivity index is 2.17. The van der Waals surface area contributed by atoms with Crippen LogP contribution in [-0.4, -0.2) is 0 Å². The molecule has 0 N–H and O–H groups in total. The summed E-state index contributed by atoms with van der Waals surface area (Å²) in [6, 6.07) is 9.89. The van der Waals surface area contributed by atoms with Crippen LogP contribution in [-0.2, 0) is 0 Å². The normalized spacial score (nSPS) is 10.2. The number of rotatable bonds is 3. The second-order valence-electron chi connectivity index (χ2n) is 3.27. The Bertz CT molecular complexity index is 520. The molecule has 0 bridgehead atoms. The Labute approximate surface area is 124 Å². The molecule has 0 aliphatic rings. The molecule has 0 aromatic heterocycles. The van der Waals surface area contributed by atoms with E-state index in [1.165, 1.54) is 0 Å². The maximum atomic E-state index is 5.93. The van der Waals surface area contributed by atoms with E-state index in [4.69, 9.17) is 56.2 Å². The molecule has 6 heteroatoms. The minimum atomic E-state index is 0.261. The largest absolute Gasteiger partial charge is 0.288 e. The van der Waals surface area contributed by atoms with Gasteiger partial charge in [0.2, 0.25) is 0 Å². The van der Waals surface area contributed by atoms with E-state index in [0.29, 0.717) is 21.5 Å². The quantitative estimate of drug-likeness (QED) is 0.535. The van der Waals surface area contributed by atoms with Crippen LogP contribution in [0, 0.1) is 0 Å². The molecule has 94 valence electrons. The molecule has 2 rings (SSSR count). The first-order valence-corrected chi connectivity index (χ1v) is 6.33. The SMILES string of the molecule is Clc1cccc(OOc2cccc(Cl)c2Cl)c1Cl. The molecule has 0 saturated heterocycles. The molecule has 0 heterocycles. The highest BCUT2D eigenvalue weighted by Crippen LogP contribution is 2.34. The number of halogens is 4. The number of benzene rings is 2. The molecule has 0 aliphatic carbocycles. The fourth-order valence-corrected chi connectivity index (χ4v) is 1.83. The van der Waals surface area contributed by atoms with Crippen molar-refractivity contribution in [2.45, 2.75) is 0 Å². The van der Waals surface area contributed by atoms with Gasteiger partial charge in [0.1, 0.15) is 10.0 Å². The van der Waals surface area contributed by atoms with Crippen LogP contribution in [0.4, 0.5) is 0 Å². The monoisotopic (exact) mass is 322 g/mol. The predicted octanol–water partition coefficient (Wildman–Crippen LogP) is 5.67. The van der Waals surface area contributed by atoms with E-state index in [-0.39, 0.29) is 10.0 Å². The standard InChI is InChI=1S/C12H6Cl4O2/c13-7-3-1-5-9(11(7)15)17-18-10-6-2-4-8(14)12(10)16/h1-6H. The zero-order chi connectivity index (χ0) is 13.1. The van der Waals surface area contributed by atoms with E-state index < -0.39 is 0 Å². The molecule has 0 radical (unpaired) electrons. The van der Waals surface area contributed by atoms with Crippen molar-refractivity contribution in [1.82, 2.24) is 0 Å². The van der Waals surface area contributed by atoms with E-state index in [2.05, 4.69) is 0 Å². The van der Waals surface area contributed by atoms with Crippen molar-refractivity contribution in [2.24, 2.45) is 0 Å². The first-order valence-electron chi connectivity index (χ1n) is 4.82. The minimum absolute atomic E-state index is 0.261. The summed E-state index contributed by atoms with van der Waals surface area (Å²) in [7, 11) is 0. The molecule has 0 unspecified atom stereocenters. The summed E-state index contributed by atoms with van der Waals surface area (Å²) < 4.78 is 0. The van der Waals surface area contributed by atoms with Crippen molar-refractivity contribution >= 4 is 46.4 Å². The van der Waals surface area contributed by atoms with Gasteiger partial charge in [-0.3, -0.25) is 9.78 Å². The van der Waals surface area contributed by atoms with Crippen molar-refractivity contribution in [3.8, 4) is 11.5 Å².